The van der Waals surface area contributed by atoms with Crippen LogP contribution in [0.2, 0.25) is 0 Å². The molecule has 0 spiro atoms. The third-order valence-electron chi connectivity index (χ3n) is 6.72. The number of likely N-dealkylation sites (tertiary alicyclic amines) is 2. The number of rotatable bonds is 8. The molecule has 7 heteroatoms. The van der Waals surface area contributed by atoms with E-state index in [1.807, 2.05) is 0 Å². The van der Waals surface area contributed by atoms with Crippen LogP contribution in [-0.4, -0.2) is 73.0 Å². The van der Waals surface area contributed by atoms with Gasteiger partial charge >= 0.3 is 0 Å². The number of carbonyl (C=O) groups excluding carboxylic acids is 2. The molecular weight excluding hydrogens is 408 g/mol. The summed E-state index contributed by atoms with van der Waals surface area (Å²) in [4.78, 5) is 31.4. The minimum Gasteiger partial charge on any atom is -0.351 e. The van der Waals surface area contributed by atoms with Crippen molar-refractivity contribution in [3.63, 3.8) is 0 Å². The Morgan fingerprint density at radius 2 is 1.29 bits per heavy atom. The third-order valence-corrected chi connectivity index (χ3v) is 7.80. The largest absolute Gasteiger partial charge is 0.351 e. The maximum atomic E-state index is 12.6. The van der Waals surface area contributed by atoms with Gasteiger partial charge in [0, 0.05) is 38.3 Å². The van der Waals surface area contributed by atoms with Crippen molar-refractivity contribution in [3.8, 4) is 0 Å². The van der Waals surface area contributed by atoms with Crippen LogP contribution in [0.25, 0.3) is 0 Å². The summed E-state index contributed by atoms with van der Waals surface area (Å²) in [7, 11) is 0. The molecule has 31 heavy (non-hydrogen) atoms. The third kappa shape index (κ3) is 7.02. The monoisotopic (exact) mass is 448 g/mol. The van der Waals surface area contributed by atoms with Crippen LogP contribution in [0.5, 0.6) is 0 Å². The summed E-state index contributed by atoms with van der Waals surface area (Å²) < 4.78 is 0. The molecule has 2 atom stereocenters. The van der Waals surface area contributed by atoms with Gasteiger partial charge in [-0.1, -0.05) is 0 Å². The molecule has 2 aliphatic rings. The van der Waals surface area contributed by atoms with Crippen LogP contribution in [0.3, 0.4) is 0 Å². The average Bonchev–Trinajstić information content (AvgIpc) is 3.26. The summed E-state index contributed by atoms with van der Waals surface area (Å²) in [6.07, 6.45) is 4.71. The van der Waals surface area contributed by atoms with E-state index in [1.165, 1.54) is 24.2 Å². The van der Waals surface area contributed by atoms with Crippen LogP contribution >= 0.6 is 11.3 Å². The first kappa shape index (κ1) is 24.2. The van der Waals surface area contributed by atoms with Gasteiger partial charge in [0.05, 0.1) is 9.75 Å². The molecule has 2 amide bonds. The van der Waals surface area contributed by atoms with Crippen molar-refractivity contribution in [1.82, 2.24) is 20.4 Å². The number of nitrogens with one attached hydrogen (secondary N) is 2. The average molecular weight is 449 g/mol. The number of thiophene rings is 1. The van der Waals surface area contributed by atoms with Gasteiger partial charge in [-0.05, 0) is 90.4 Å². The number of hydrogen-bond donors (Lipinski definition) is 2. The SMILES string of the molecule is CC(C)N1CCCC(CNC(=O)c2ccc(C(=O)NCC3CCCN(C(C)C)C3)s2)C1. The lowest BCUT2D eigenvalue weighted by Crippen LogP contribution is -2.43. The topological polar surface area (TPSA) is 64.7 Å². The lowest BCUT2D eigenvalue weighted by molar-refractivity contribution is 0.0920. The molecule has 6 nitrogen and oxygen atoms in total. The van der Waals surface area contributed by atoms with Crippen molar-refractivity contribution in [1.29, 1.82) is 0 Å². The molecule has 3 heterocycles. The molecule has 2 fully saturated rings. The molecule has 1 aromatic rings. The second-order valence-electron chi connectivity index (χ2n) is 9.78. The highest BCUT2D eigenvalue weighted by molar-refractivity contribution is 7.15. The van der Waals surface area contributed by atoms with Gasteiger partial charge in [-0.3, -0.25) is 9.59 Å². The summed E-state index contributed by atoms with van der Waals surface area (Å²) in [6, 6.07) is 4.66. The van der Waals surface area contributed by atoms with Gasteiger partial charge in [-0.2, -0.15) is 0 Å². The molecule has 1 aromatic heterocycles. The molecule has 0 saturated carbocycles. The maximum absolute atomic E-state index is 12.6. The smallest absolute Gasteiger partial charge is 0.261 e. The zero-order chi connectivity index (χ0) is 22.4. The summed E-state index contributed by atoms with van der Waals surface area (Å²) in [5.74, 6) is 0.878. The van der Waals surface area contributed by atoms with E-state index in [0.717, 1.165) is 39.0 Å². The summed E-state index contributed by atoms with van der Waals surface area (Å²) in [6.45, 7) is 14.7. The molecule has 0 bridgehead atoms. The lowest BCUT2D eigenvalue weighted by atomic mass is 9.97. The van der Waals surface area contributed by atoms with Crippen molar-refractivity contribution in [2.24, 2.45) is 11.8 Å². The molecule has 174 valence electrons. The highest BCUT2D eigenvalue weighted by atomic mass is 32.1. The van der Waals surface area contributed by atoms with Crippen LogP contribution in [0, 0.1) is 11.8 Å². The lowest BCUT2D eigenvalue weighted by Gasteiger charge is -2.35. The highest BCUT2D eigenvalue weighted by Gasteiger charge is 2.24. The molecule has 0 radical (unpaired) electrons. The second-order valence-corrected chi connectivity index (χ2v) is 10.9. The number of piperidine rings is 2. The maximum Gasteiger partial charge on any atom is 0.261 e. The first-order chi connectivity index (χ1) is 14.8. The van der Waals surface area contributed by atoms with Crippen molar-refractivity contribution >= 4 is 23.2 Å². The van der Waals surface area contributed by atoms with E-state index < -0.39 is 0 Å². The number of hydrogen-bond acceptors (Lipinski definition) is 5. The Morgan fingerprint density at radius 1 is 0.871 bits per heavy atom. The van der Waals surface area contributed by atoms with Crippen molar-refractivity contribution in [3.05, 3.63) is 21.9 Å². The van der Waals surface area contributed by atoms with Crippen LogP contribution in [0.4, 0.5) is 0 Å². The molecule has 2 unspecified atom stereocenters. The van der Waals surface area contributed by atoms with E-state index in [1.54, 1.807) is 12.1 Å². The molecule has 2 N–H and O–H groups in total. The van der Waals surface area contributed by atoms with E-state index in [4.69, 9.17) is 0 Å². The fourth-order valence-corrected chi connectivity index (χ4v) is 5.53. The van der Waals surface area contributed by atoms with Gasteiger partial charge < -0.3 is 20.4 Å². The van der Waals surface area contributed by atoms with E-state index in [9.17, 15) is 9.59 Å². The van der Waals surface area contributed by atoms with Gasteiger partial charge in [0.25, 0.3) is 11.8 Å². The van der Waals surface area contributed by atoms with Crippen LogP contribution in [0.1, 0.15) is 72.7 Å². The van der Waals surface area contributed by atoms with Crippen molar-refractivity contribution in [2.75, 3.05) is 39.3 Å². The molecule has 3 rings (SSSR count). The number of nitrogens with zero attached hydrogens (tertiary/aromatic N) is 2. The Bertz CT molecular complexity index is 674. The molecule has 0 aliphatic carbocycles. The van der Waals surface area contributed by atoms with Crippen molar-refractivity contribution in [2.45, 2.75) is 65.5 Å². The molecule has 2 aliphatic heterocycles. The second kappa shape index (κ2) is 11.4. The highest BCUT2D eigenvalue weighted by Crippen LogP contribution is 2.21. The predicted octanol–water partition coefficient (Wildman–Crippen LogP) is 3.45. The van der Waals surface area contributed by atoms with E-state index in [0.29, 0.717) is 46.8 Å². The Balaban J connectivity index is 1.43. The quantitative estimate of drug-likeness (QED) is 0.639. The Labute approximate surface area is 191 Å². The minimum absolute atomic E-state index is 0.0643. The van der Waals surface area contributed by atoms with Crippen molar-refractivity contribution < 1.29 is 9.59 Å². The molecular formula is C24H40N4O2S. The van der Waals surface area contributed by atoms with Gasteiger partial charge in [-0.25, -0.2) is 0 Å². The first-order valence-corrected chi connectivity index (χ1v) is 12.8. The van der Waals surface area contributed by atoms with E-state index >= 15 is 0 Å². The minimum atomic E-state index is -0.0643. The fraction of sp³-hybridized carbons (Fsp3) is 0.750. The van der Waals surface area contributed by atoms with Gasteiger partial charge in [0.2, 0.25) is 0 Å². The Kier molecular flexibility index (Phi) is 8.93. The Morgan fingerprint density at radius 3 is 1.68 bits per heavy atom. The first-order valence-electron chi connectivity index (χ1n) is 12.0. The molecule has 0 aromatic carbocycles. The number of amides is 2. The standard InChI is InChI=1S/C24H40N4O2S/c1-17(2)27-11-5-7-19(15-27)13-25-23(29)21-9-10-22(31-21)24(30)26-14-20-8-6-12-28(16-20)18(3)4/h9-10,17-20H,5-8,11-16H2,1-4H3,(H,25,29)(H,26,30). The number of carbonyl (C=O) groups is 2. The van der Waals surface area contributed by atoms with Gasteiger partial charge in [0.1, 0.15) is 0 Å². The fourth-order valence-electron chi connectivity index (χ4n) is 4.70. The zero-order valence-corrected chi connectivity index (χ0v) is 20.5. The van der Waals surface area contributed by atoms with Crippen LogP contribution in [-0.2, 0) is 0 Å². The van der Waals surface area contributed by atoms with Crippen LogP contribution in [0.15, 0.2) is 12.1 Å². The van der Waals surface area contributed by atoms with Gasteiger partial charge in [0.15, 0.2) is 0 Å². The normalized spacial score (nSPS) is 23.3. The van der Waals surface area contributed by atoms with Crippen LogP contribution < -0.4 is 10.6 Å². The zero-order valence-electron chi connectivity index (χ0n) is 19.7. The van der Waals surface area contributed by atoms with E-state index in [2.05, 4.69) is 48.1 Å². The molecule has 2 saturated heterocycles. The summed E-state index contributed by atoms with van der Waals surface area (Å²) >= 11 is 1.29. The van der Waals surface area contributed by atoms with Gasteiger partial charge in [-0.15, -0.1) is 11.3 Å². The predicted molar refractivity (Wildman–Crippen MR) is 128 cm³/mol. The Hall–Kier alpha value is -1.44. The summed E-state index contributed by atoms with van der Waals surface area (Å²) in [5.41, 5.74) is 0. The summed E-state index contributed by atoms with van der Waals surface area (Å²) in [5, 5.41) is 6.17. The van der Waals surface area contributed by atoms with E-state index in [-0.39, 0.29) is 11.8 Å².